The van der Waals surface area contributed by atoms with E-state index in [0.29, 0.717) is 5.56 Å². The molecule has 0 aliphatic heterocycles. The number of anilines is 1. The first-order valence-electron chi connectivity index (χ1n) is 7.12. The first kappa shape index (κ1) is 15.8. The highest BCUT2D eigenvalue weighted by atomic mass is 16.5. The number of esters is 1. The average molecular weight is 297 g/mol. The Morgan fingerprint density at radius 1 is 0.955 bits per heavy atom. The van der Waals surface area contributed by atoms with Crippen LogP contribution in [0.3, 0.4) is 0 Å². The number of hydrogen-bond donors (Lipinski definition) is 1. The molecule has 0 spiro atoms. The van der Waals surface area contributed by atoms with E-state index in [1.54, 1.807) is 31.2 Å². The second-order valence-electron chi connectivity index (χ2n) is 5.03. The Kier molecular flexibility index (Phi) is 5.31. The Morgan fingerprint density at radius 3 is 2.05 bits per heavy atom. The first-order valence-corrected chi connectivity index (χ1v) is 7.12. The summed E-state index contributed by atoms with van der Waals surface area (Å²) >= 11 is 0. The smallest absolute Gasteiger partial charge is 0.329 e. The number of Topliss-reactive ketones (excluding diaryl/α,β-unsaturated/α-hetero) is 1. The van der Waals surface area contributed by atoms with E-state index in [2.05, 4.69) is 5.32 Å². The molecule has 22 heavy (non-hydrogen) atoms. The van der Waals surface area contributed by atoms with Crippen LogP contribution < -0.4 is 5.32 Å². The molecule has 0 saturated heterocycles. The van der Waals surface area contributed by atoms with Crippen molar-refractivity contribution < 1.29 is 14.3 Å². The van der Waals surface area contributed by atoms with Crippen LogP contribution in [0, 0.1) is 5.92 Å². The molecule has 0 unspecified atom stereocenters. The molecule has 2 aromatic rings. The Labute approximate surface area is 130 Å². The van der Waals surface area contributed by atoms with Crippen molar-refractivity contribution in [3.63, 3.8) is 0 Å². The molecule has 0 aromatic heterocycles. The lowest BCUT2D eigenvalue weighted by molar-refractivity contribution is -0.142. The van der Waals surface area contributed by atoms with Crippen molar-refractivity contribution in [1.29, 1.82) is 0 Å². The largest absolute Gasteiger partial charge is 0.467 e. The number of carbonyl (C=O) groups excluding carboxylic acids is 2. The van der Waals surface area contributed by atoms with E-state index in [0.717, 1.165) is 5.69 Å². The zero-order valence-corrected chi connectivity index (χ0v) is 12.7. The molecule has 1 N–H and O–H groups in total. The van der Waals surface area contributed by atoms with Crippen LogP contribution in [0.5, 0.6) is 0 Å². The molecule has 0 aliphatic carbocycles. The molecule has 4 heteroatoms. The number of para-hydroxylation sites is 1. The van der Waals surface area contributed by atoms with Crippen LogP contribution >= 0.6 is 0 Å². The summed E-state index contributed by atoms with van der Waals surface area (Å²) in [7, 11) is 1.32. The molecule has 2 aromatic carbocycles. The van der Waals surface area contributed by atoms with Crippen molar-refractivity contribution >= 4 is 17.4 Å². The minimum atomic E-state index is -0.736. The fourth-order valence-corrected chi connectivity index (χ4v) is 2.25. The summed E-state index contributed by atoms with van der Waals surface area (Å²) < 4.78 is 4.84. The lowest BCUT2D eigenvalue weighted by atomic mass is 9.92. The van der Waals surface area contributed by atoms with E-state index in [4.69, 9.17) is 4.74 Å². The van der Waals surface area contributed by atoms with Crippen molar-refractivity contribution in [3.05, 3.63) is 66.2 Å². The molecule has 0 saturated carbocycles. The maximum atomic E-state index is 12.5. The molecule has 0 fully saturated rings. The van der Waals surface area contributed by atoms with E-state index < -0.39 is 17.9 Å². The normalized spacial score (nSPS) is 13.0. The van der Waals surface area contributed by atoms with Crippen LogP contribution in [0.2, 0.25) is 0 Å². The van der Waals surface area contributed by atoms with Crippen LogP contribution in [-0.2, 0) is 9.53 Å². The molecule has 0 bridgehead atoms. The van der Waals surface area contributed by atoms with Crippen LogP contribution in [0.4, 0.5) is 5.69 Å². The maximum Gasteiger partial charge on any atom is 0.329 e. The molecule has 2 atom stereocenters. The third-order valence-electron chi connectivity index (χ3n) is 3.52. The molecule has 0 heterocycles. The first-order chi connectivity index (χ1) is 10.6. The Balaban J connectivity index is 2.21. The lowest BCUT2D eigenvalue weighted by Crippen LogP contribution is -2.40. The van der Waals surface area contributed by atoms with E-state index in [1.165, 1.54) is 7.11 Å². The summed E-state index contributed by atoms with van der Waals surface area (Å²) in [5, 5.41) is 3.08. The van der Waals surface area contributed by atoms with Gasteiger partial charge in [-0.1, -0.05) is 55.5 Å². The quantitative estimate of drug-likeness (QED) is 0.657. The third kappa shape index (κ3) is 3.73. The topological polar surface area (TPSA) is 55.4 Å². The highest BCUT2D eigenvalue weighted by Crippen LogP contribution is 2.18. The van der Waals surface area contributed by atoms with Gasteiger partial charge < -0.3 is 10.1 Å². The van der Waals surface area contributed by atoms with Gasteiger partial charge in [0.15, 0.2) is 5.78 Å². The monoisotopic (exact) mass is 297 g/mol. The van der Waals surface area contributed by atoms with Gasteiger partial charge in [-0.05, 0) is 12.1 Å². The van der Waals surface area contributed by atoms with Gasteiger partial charge in [-0.25, -0.2) is 4.79 Å². The lowest BCUT2D eigenvalue weighted by Gasteiger charge is -2.23. The summed E-state index contributed by atoms with van der Waals surface area (Å²) in [5.74, 6) is -1.10. The maximum absolute atomic E-state index is 12.5. The van der Waals surface area contributed by atoms with Crippen molar-refractivity contribution in [1.82, 2.24) is 0 Å². The van der Waals surface area contributed by atoms with Gasteiger partial charge in [-0.15, -0.1) is 0 Å². The zero-order chi connectivity index (χ0) is 15.9. The molecule has 4 nitrogen and oxygen atoms in total. The van der Waals surface area contributed by atoms with E-state index in [-0.39, 0.29) is 5.78 Å². The van der Waals surface area contributed by atoms with Crippen LogP contribution in [0.15, 0.2) is 60.7 Å². The van der Waals surface area contributed by atoms with Crippen molar-refractivity contribution in [3.8, 4) is 0 Å². The Morgan fingerprint density at radius 2 is 1.50 bits per heavy atom. The molecule has 0 aliphatic rings. The Bertz CT molecular complexity index is 625. The van der Waals surface area contributed by atoms with Gasteiger partial charge >= 0.3 is 5.97 Å². The number of benzene rings is 2. The van der Waals surface area contributed by atoms with Gasteiger partial charge in [0.05, 0.1) is 13.0 Å². The van der Waals surface area contributed by atoms with E-state index >= 15 is 0 Å². The SMILES string of the molecule is COC(=O)[C@H](Nc1ccccc1)[C@H](C)C(=O)c1ccccc1. The van der Waals surface area contributed by atoms with Crippen LogP contribution in [0.1, 0.15) is 17.3 Å². The molecular weight excluding hydrogens is 278 g/mol. The highest BCUT2D eigenvalue weighted by molar-refractivity contribution is 6.01. The van der Waals surface area contributed by atoms with Gasteiger partial charge in [0, 0.05) is 11.3 Å². The van der Waals surface area contributed by atoms with E-state index in [9.17, 15) is 9.59 Å². The fourth-order valence-electron chi connectivity index (χ4n) is 2.25. The van der Waals surface area contributed by atoms with Crippen LogP contribution in [-0.4, -0.2) is 24.9 Å². The zero-order valence-electron chi connectivity index (χ0n) is 12.7. The number of rotatable bonds is 6. The minimum Gasteiger partial charge on any atom is -0.467 e. The number of methoxy groups -OCH3 is 1. The van der Waals surface area contributed by atoms with Gasteiger partial charge in [0.25, 0.3) is 0 Å². The minimum absolute atomic E-state index is 0.0977. The summed E-state index contributed by atoms with van der Waals surface area (Å²) in [6.45, 7) is 1.73. The fraction of sp³-hybridized carbons (Fsp3) is 0.222. The van der Waals surface area contributed by atoms with Crippen molar-refractivity contribution in [2.24, 2.45) is 5.92 Å². The highest BCUT2D eigenvalue weighted by Gasteiger charge is 2.31. The predicted octanol–water partition coefficient (Wildman–Crippen LogP) is 3.16. The van der Waals surface area contributed by atoms with Gasteiger partial charge in [-0.2, -0.15) is 0 Å². The standard InChI is InChI=1S/C18H19NO3/c1-13(17(20)14-9-5-3-6-10-14)16(18(21)22-2)19-15-11-7-4-8-12-15/h3-13,16,19H,1-2H3/t13-,16+/m0/s1. The number of hydrogen-bond acceptors (Lipinski definition) is 4. The number of carbonyl (C=O) groups is 2. The van der Waals surface area contributed by atoms with Crippen molar-refractivity contribution in [2.45, 2.75) is 13.0 Å². The number of ether oxygens (including phenoxy) is 1. The molecule has 114 valence electrons. The molecule has 2 rings (SSSR count). The number of nitrogens with one attached hydrogen (secondary N) is 1. The van der Waals surface area contributed by atoms with E-state index in [1.807, 2.05) is 36.4 Å². The molecule has 0 radical (unpaired) electrons. The second-order valence-corrected chi connectivity index (χ2v) is 5.03. The van der Waals surface area contributed by atoms with Gasteiger partial charge in [-0.3, -0.25) is 4.79 Å². The molecular formula is C18H19NO3. The van der Waals surface area contributed by atoms with Gasteiger partial charge in [0.2, 0.25) is 0 Å². The third-order valence-corrected chi connectivity index (χ3v) is 3.52. The number of ketones is 1. The second kappa shape index (κ2) is 7.41. The van der Waals surface area contributed by atoms with Gasteiger partial charge in [0.1, 0.15) is 6.04 Å². The summed E-state index contributed by atoms with van der Waals surface area (Å²) in [4.78, 5) is 24.6. The Hall–Kier alpha value is -2.62. The summed E-state index contributed by atoms with van der Waals surface area (Å²) in [6.07, 6.45) is 0. The summed E-state index contributed by atoms with van der Waals surface area (Å²) in [6, 6.07) is 17.5. The van der Waals surface area contributed by atoms with Crippen LogP contribution in [0.25, 0.3) is 0 Å². The summed E-state index contributed by atoms with van der Waals surface area (Å²) in [5.41, 5.74) is 1.35. The predicted molar refractivity (Wildman–Crippen MR) is 85.8 cm³/mol. The average Bonchev–Trinajstić information content (AvgIpc) is 2.59. The molecule has 0 amide bonds. The van der Waals surface area contributed by atoms with Crippen molar-refractivity contribution in [2.75, 3.05) is 12.4 Å².